The van der Waals surface area contributed by atoms with Gasteiger partial charge < -0.3 is 10.1 Å². The average Bonchev–Trinajstić information content (AvgIpc) is 2.55. The van der Waals surface area contributed by atoms with E-state index in [-0.39, 0.29) is 18.4 Å². The molecule has 0 aromatic heterocycles. The minimum absolute atomic E-state index is 0. The molecule has 0 aliphatic carbocycles. The summed E-state index contributed by atoms with van der Waals surface area (Å²) in [5.74, 6) is 0.794. The Balaban J connectivity index is 0.00000338. The summed E-state index contributed by atoms with van der Waals surface area (Å²) in [6, 6.07) is 14.9. The Labute approximate surface area is 166 Å². The molecule has 0 bridgehead atoms. The van der Waals surface area contributed by atoms with Gasteiger partial charge in [0.25, 0.3) is 0 Å². The van der Waals surface area contributed by atoms with Gasteiger partial charge in [-0.3, -0.25) is 0 Å². The second-order valence-electron chi connectivity index (χ2n) is 5.83. The number of halogens is 2. The first-order valence-electron chi connectivity index (χ1n) is 7.99. The lowest BCUT2D eigenvalue weighted by molar-refractivity contribution is 0.313. The smallest absolute Gasteiger partial charge is 0.209 e. The van der Waals surface area contributed by atoms with E-state index in [0.717, 1.165) is 36.2 Å². The molecule has 2 aromatic rings. The van der Waals surface area contributed by atoms with E-state index in [2.05, 4.69) is 10.0 Å². The van der Waals surface area contributed by atoms with Crippen LogP contribution in [0.15, 0.2) is 48.5 Å². The summed E-state index contributed by atoms with van der Waals surface area (Å²) in [4.78, 5) is 0. The SMILES string of the molecule is C[C@@H](NS(C)(=O)=O)c1ccc(CNCCOc2ccc(Cl)cc2)cc1.Cl. The van der Waals surface area contributed by atoms with E-state index in [9.17, 15) is 8.42 Å². The zero-order valence-electron chi connectivity index (χ0n) is 14.7. The van der Waals surface area contributed by atoms with E-state index in [0.29, 0.717) is 11.6 Å². The van der Waals surface area contributed by atoms with Crippen LogP contribution in [0.3, 0.4) is 0 Å². The molecule has 0 heterocycles. The maximum absolute atomic E-state index is 11.3. The van der Waals surface area contributed by atoms with Crippen LogP contribution < -0.4 is 14.8 Å². The Hall–Kier alpha value is -1.31. The topological polar surface area (TPSA) is 67.4 Å². The molecule has 2 N–H and O–H groups in total. The summed E-state index contributed by atoms with van der Waals surface area (Å²) in [6.45, 7) is 3.83. The maximum atomic E-state index is 11.3. The normalized spacial score (nSPS) is 12.3. The molecule has 0 amide bonds. The molecule has 0 fully saturated rings. The van der Waals surface area contributed by atoms with Crippen molar-refractivity contribution >= 4 is 34.0 Å². The summed E-state index contributed by atoms with van der Waals surface area (Å²) in [6.07, 6.45) is 1.16. The van der Waals surface area contributed by atoms with Gasteiger partial charge in [0, 0.05) is 24.2 Å². The predicted octanol–water partition coefficient (Wildman–Crippen LogP) is 3.54. The molecule has 1 atom stereocenters. The molecule has 0 aliphatic rings. The molecular formula is C18H24Cl2N2O3S. The van der Waals surface area contributed by atoms with Crippen molar-refractivity contribution in [2.24, 2.45) is 0 Å². The number of hydrogen-bond acceptors (Lipinski definition) is 4. The molecule has 0 aliphatic heterocycles. The van der Waals surface area contributed by atoms with Crippen LogP contribution in [0.2, 0.25) is 5.02 Å². The molecule has 0 unspecified atom stereocenters. The summed E-state index contributed by atoms with van der Waals surface area (Å²) >= 11 is 5.82. The largest absolute Gasteiger partial charge is 0.492 e. The fourth-order valence-electron chi connectivity index (χ4n) is 2.32. The molecule has 26 heavy (non-hydrogen) atoms. The second kappa shape index (κ2) is 10.7. The fraction of sp³-hybridized carbons (Fsp3) is 0.333. The van der Waals surface area contributed by atoms with Gasteiger partial charge in [-0.05, 0) is 42.3 Å². The average molecular weight is 419 g/mol. The van der Waals surface area contributed by atoms with Gasteiger partial charge in [-0.25, -0.2) is 13.1 Å². The number of sulfonamides is 1. The summed E-state index contributed by atoms with van der Waals surface area (Å²) < 4.78 is 30.7. The van der Waals surface area contributed by atoms with Crippen LogP contribution in [0, 0.1) is 0 Å². The van der Waals surface area contributed by atoms with Crippen LogP contribution in [-0.2, 0) is 16.6 Å². The highest BCUT2D eigenvalue weighted by Gasteiger charge is 2.10. The van der Waals surface area contributed by atoms with Gasteiger partial charge in [-0.1, -0.05) is 35.9 Å². The first kappa shape index (κ1) is 22.7. The van der Waals surface area contributed by atoms with Crippen molar-refractivity contribution in [3.8, 4) is 5.75 Å². The Kier molecular flexibility index (Phi) is 9.39. The van der Waals surface area contributed by atoms with Gasteiger partial charge in [-0.15, -0.1) is 12.4 Å². The van der Waals surface area contributed by atoms with E-state index >= 15 is 0 Å². The molecule has 0 spiro atoms. The first-order chi connectivity index (χ1) is 11.8. The Morgan fingerprint density at radius 1 is 1.08 bits per heavy atom. The molecule has 2 rings (SSSR count). The minimum Gasteiger partial charge on any atom is -0.492 e. The number of nitrogens with one attached hydrogen (secondary N) is 2. The van der Waals surface area contributed by atoms with Crippen molar-refractivity contribution in [1.29, 1.82) is 0 Å². The molecule has 0 saturated carbocycles. The fourth-order valence-corrected chi connectivity index (χ4v) is 3.22. The van der Waals surface area contributed by atoms with Crippen LogP contribution in [0.4, 0.5) is 0 Å². The van der Waals surface area contributed by atoms with Gasteiger partial charge in [0.1, 0.15) is 12.4 Å². The molecule has 5 nitrogen and oxygen atoms in total. The van der Waals surface area contributed by atoms with Crippen LogP contribution in [-0.4, -0.2) is 27.8 Å². The third-order valence-electron chi connectivity index (χ3n) is 3.56. The molecule has 0 radical (unpaired) electrons. The lowest BCUT2D eigenvalue weighted by Crippen LogP contribution is -2.25. The highest BCUT2D eigenvalue weighted by atomic mass is 35.5. The van der Waals surface area contributed by atoms with Gasteiger partial charge in [0.2, 0.25) is 10.0 Å². The lowest BCUT2D eigenvalue weighted by Gasteiger charge is -2.13. The van der Waals surface area contributed by atoms with Crippen molar-refractivity contribution in [3.63, 3.8) is 0 Å². The van der Waals surface area contributed by atoms with Crippen molar-refractivity contribution in [2.45, 2.75) is 19.5 Å². The molecule has 144 valence electrons. The number of rotatable bonds is 9. The molecule has 2 aromatic carbocycles. The third kappa shape index (κ3) is 8.38. The molecule has 0 saturated heterocycles. The van der Waals surface area contributed by atoms with Crippen molar-refractivity contribution in [2.75, 3.05) is 19.4 Å². The maximum Gasteiger partial charge on any atom is 0.209 e. The first-order valence-corrected chi connectivity index (χ1v) is 10.3. The highest BCUT2D eigenvalue weighted by molar-refractivity contribution is 7.88. The third-order valence-corrected chi connectivity index (χ3v) is 4.59. The number of ether oxygens (including phenoxy) is 1. The van der Waals surface area contributed by atoms with Crippen molar-refractivity contribution in [1.82, 2.24) is 10.0 Å². The zero-order chi connectivity index (χ0) is 18.3. The van der Waals surface area contributed by atoms with Crippen LogP contribution in [0.1, 0.15) is 24.1 Å². The standard InChI is InChI=1S/C18H23ClN2O3S.ClH/c1-14(21-25(2,22)23)16-5-3-15(4-6-16)13-20-11-12-24-18-9-7-17(19)8-10-18;/h3-10,14,20-21H,11-13H2,1-2H3;1H/t14-;/m1./s1. The van der Waals surface area contributed by atoms with Gasteiger partial charge in [0.15, 0.2) is 0 Å². The van der Waals surface area contributed by atoms with E-state index in [1.54, 1.807) is 12.1 Å². The zero-order valence-corrected chi connectivity index (χ0v) is 17.1. The van der Waals surface area contributed by atoms with E-state index in [1.807, 2.05) is 43.3 Å². The Bertz CT molecular complexity index is 766. The van der Waals surface area contributed by atoms with Gasteiger partial charge >= 0.3 is 0 Å². The monoisotopic (exact) mass is 418 g/mol. The lowest BCUT2D eigenvalue weighted by atomic mass is 10.1. The minimum atomic E-state index is -3.21. The van der Waals surface area contributed by atoms with Crippen LogP contribution in [0.5, 0.6) is 5.75 Å². The van der Waals surface area contributed by atoms with Gasteiger partial charge in [0.05, 0.1) is 6.26 Å². The van der Waals surface area contributed by atoms with E-state index in [4.69, 9.17) is 16.3 Å². The highest BCUT2D eigenvalue weighted by Crippen LogP contribution is 2.15. The van der Waals surface area contributed by atoms with Crippen molar-refractivity contribution in [3.05, 3.63) is 64.7 Å². The molecular weight excluding hydrogens is 395 g/mol. The second-order valence-corrected chi connectivity index (χ2v) is 8.05. The Morgan fingerprint density at radius 2 is 1.69 bits per heavy atom. The summed E-state index contributed by atoms with van der Waals surface area (Å²) in [7, 11) is -3.21. The number of benzene rings is 2. The van der Waals surface area contributed by atoms with Crippen molar-refractivity contribution < 1.29 is 13.2 Å². The van der Waals surface area contributed by atoms with E-state index in [1.165, 1.54) is 0 Å². The van der Waals surface area contributed by atoms with Gasteiger partial charge in [-0.2, -0.15) is 0 Å². The van der Waals surface area contributed by atoms with Crippen LogP contribution in [0.25, 0.3) is 0 Å². The summed E-state index contributed by atoms with van der Waals surface area (Å²) in [5, 5.41) is 4.00. The predicted molar refractivity (Wildman–Crippen MR) is 109 cm³/mol. The quantitative estimate of drug-likeness (QED) is 0.611. The molecule has 8 heteroatoms. The van der Waals surface area contributed by atoms with Crippen LogP contribution >= 0.6 is 24.0 Å². The number of hydrogen-bond donors (Lipinski definition) is 2. The summed E-state index contributed by atoms with van der Waals surface area (Å²) in [5.41, 5.74) is 2.06. The van der Waals surface area contributed by atoms with E-state index < -0.39 is 10.0 Å². The Morgan fingerprint density at radius 3 is 2.27 bits per heavy atom.